The van der Waals surface area contributed by atoms with Crippen LogP contribution < -0.4 is 16.4 Å². The highest BCUT2D eigenvalue weighted by Crippen LogP contribution is 2.34. The highest BCUT2D eigenvalue weighted by molar-refractivity contribution is 8.01. The quantitative estimate of drug-likeness (QED) is 0.406. The van der Waals surface area contributed by atoms with Crippen LogP contribution in [0, 0.1) is 5.92 Å². The second kappa shape index (κ2) is 14.4. The number of ether oxygens (including phenoxy) is 1. The largest absolute Gasteiger partial charge is 0.450 e. The van der Waals surface area contributed by atoms with E-state index in [0.717, 1.165) is 12.8 Å². The summed E-state index contributed by atoms with van der Waals surface area (Å²) in [6.45, 7) is 11.1. The van der Waals surface area contributed by atoms with Crippen molar-refractivity contribution in [3.63, 3.8) is 0 Å². The van der Waals surface area contributed by atoms with Crippen molar-refractivity contribution >= 4 is 42.1 Å². The summed E-state index contributed by atoms with van der Waals surface area (Å²) in [6, 6.07) is -1.73. The van der Waals surface area contributed by atoms with Crippen LogP contribution in [-0.2, 0) is 14.3 Å². The van der Waals surface area contributed by atoms with E-state index in [2.05, 4.69) is 24.5 Å². The average molecular weight is 521 g/mol. The lowest BCUT2D eigenvalue weighted by molar-refractivity contribution is -0.140. The van der Waals surface area contributed by atoms with E-state index in [4.69, 9.17) is 10.5 Å². The van der Waals surface area contributed by atoms with Crippen LogP contribution in [0.4, 0.5) is 4.79 Å². The van der Waals surface area contributed by atoms with Gasteiger partial charge in [-0.05, 0) is 50.7 Å². The van der Waals surface area contributed by atoms with E-state index in [0.29, 0.717) is 31.8 Å². The number of thioether (sulfide) groups is 1. The third-order valence-corrected chi connectivity index (χ3v) is 7.70. The summed E-state index contributed by atoms with van der Waals surface area (Å²) in [5, 5.41) is 6.11. The summed E-state index contributed by atoms with van der Waals surface area (Å²) < 4.78 is 4.60. The molecule has 2 aliphatic rings. The van der Waals surface area contributed by atoms with Crippen LogP contribution in [0.15, 0.2) is 0 Å². The maximum atomic E-state index is 13.8. The van der Waals surface area contributed by atoms with Gasteiger partial charge >= 0.3 is 6.09 Å². The highest BCUT2D eigenvalue weighted by atomic mass is 35.5. The maximum Gasteiger partial charge on any atom is 0.407 e. The molecule has 34 heavy (non-hydrogen) atoms. The van der Waals surface area contributed by atoms with E-state index in [1.165, 1.54) is 19.3 Å². The predicted molar refractivity (Wildman–Crippen MR) is 140 cm³/mol. The van der Waals surface area contributed by atoms with Crippen molar-refractivity contribution in [3.8, 4) is 0 Å². The van der Waals surface area contributed by atoms with E-state index in [1.807, 2.05) is 20.8 Å². The van der Waals surface area contributed by atoms with Gasteiger partial charge in [-0.1, -0.05) is 40.0 Å². The Morgan fingerprint density at radius 2 is 1.82 bits per heavy atom. The van der Waals surface area contributed by atoms with Crippen molar-refractivity contribution in [2.45, 2.75) is 108 Å². The molecule has 0 aromatic heterocycles. The second-order valence-corrected chi connectivity index (χ2v) is 12.5. The van der Waals surface area contributed by atoms with Gasteiger partial charge in [-0.25, -0.2) is 4.79 Å². The normalized spacial score (nSPS) is 22.1. The summed E-state index contributed by atoms with van der Waals surface area (Å²) in [6.07, 6.45) is 6.47. The standard InChI is InChI=1S/C24H44N4O4S.ClH/c1-6-12-32-23(31)27-20(24(4,5)33-16(2)3)22(30)28-15-18(25)13-19(28)21(29)26-14-17-10-8-7-9-11-17;/h16-20H,6-15,25H2,1-5H3,(H,26,29)(H,27,31);1H/t18-,19+,20+;/m1./s1. The molecule has 8 nitrogen and oxygen atoms in total. The number of hydrogen-bond donors (Lipinski definition) is 3. The van der Waals surface area contributed by atoms with Gasteiger partial charge in [0.05, 0.1) is 6.61 Å². The molecule has 0 radical (unpaired) electrons. The molecule has 3 amide bonds. The molecule has 0 unspecified atom stereocenters. The van der Waals surface area contributed by atoms with Gasteiger partial charge < -0.3 is 26.0 Å². The third-order valence-electron chi connectivity index (χ3n) is 6.39. The number of likely N-dealkylation sites (tertiary alicyclic amines) is 1. The maximum absolute atomic E-state index is 13.8. The van der Waals surface area contributed by atoms with E-state index < -0.39 is 22.9 Å². The SMILES string of the molecule is CCCOC(=O)N[C@@H](C(=O)N1C[C@H](N)C[C@H]1C(=O)NCC1CCCCC1)C(C)(C)SC(C)C.Cl. The van der Waals surface area contributed by atoms with Gasteiger partial charge in [0.15, 0.2) is 0 Å². The molecule has 2 fully saturated rings. The molecule has 1 saturated heterocycles. The number of alkyl carbamates (subject to hydrolysis) is 1. The Labute approximate surface area is 215 Å². The Balaban J connectivity index is 0.00000578. The smallest absolute Gasteiger partial charge is 0.407 e. The van der Waals surface area contributed by atoms with Gasteiger partial charge in [0.1, 0.15) is 12.1 Å². The van der Waals surface area contributed by atoms with Crippen molar-refractivity contribution in [2.24, 2.45) is 11.7 Å². The van der Waals surface area contributed by atoms with Crippen LogP contribution in [0.2, 0.25) is 0 Å². The molecule has 1 aliphatic heterocycles. The average Bonchev–Trinajstić information content (AvgIpc) is 3.15. The molecule has 1 aliphatic carbocycles. The number of nitrogens with two attached hydrogens (primary N) is 1. The second-order valence-electron chi connectivity index (χ2n) is 10.2. The topological polar surface area (TPSA) is 114 Å². The molecule has 198 valence electrons. The number of nitrogens with one attached hydrogen (secondary N) is 2. The number of nitrogens with zero attached hydrogens (tertiary/aromatic N) is 1. The van der Waals surface area contributed by atoms with Crippen LogP contribution in [0.3, 0.4) is 0 Å². The summed E-state index contributed by atoms with van der Waals surface area (Å²) in [5.41, 5.74) is 6.20. The molecule has 1 saturated carbocycles. The first-order valence-corrected chi connectivity index (χ1v) is 13.4. The summed E-state index contributed by atoms with van der Waals surface area (Å²) >= 11 is 1.61. The first kappa shape index (κ1) is 30.8. The molecular weight excluding hydrogens is 476 g/mol. The summed E-state index contributed by atoms with van der Waals surface area (Å²) in [4.78, 5) is 40.8. The van der Waals surface area contributed by atoms with Gasteiger partial charge in [-0.2, -0.15) is 11.8 Å². The Morgan fingerprint density at radius 1 is 1.18 bits per heavy atom. The number of halogens is 1. The van der Waals surface area contributed by atoms with Crippen LogP contribution in [0.1, 0.15) is 79.6 Å². The summed E-state index contributed by atoms with van der Waals surface area (Å²) in [7, 11) is 0. The first-order valence-electron chi connectivity index (χ1n) is 12.5. The van der Waals surface area contributed by atoms with Crippen LogP contribution in [0.25, 0.3) is 0 Å². The predicted octanol–water partition coefficient (Wildman–Crippen LogP) is 3.46. The number of carbonyl (C=O) groups excluding carboxylic acids is 3. The van der Waals surface area contributed by atoms with Crippen LogP contribution >= 0.6 is 24.2 Å². The Hall–Kier alpha value is -1.19. The number of amides is 3. The fourth-order valence-corrected chi connectivity index (χ4v) is 6.35. The fraction of sp³-hybridized carbons (Fsp3) is 0.875. The van der Waals surface area contributed by atoms with Gasteiger partial charge in [0, 0.05) is 23.9 Å². The number of carbonyl (C=O) groups is 3. The van der Waals surface area contributed by atoms with E-state index in [-0.39, 0.29) is 42.1 Å². The minimum atomic E-state index is -0.840. The zero-order valence-corrected chi connectivity index (χ0v) is 23.1. The van der Waals surface area contributed by atoms with Crippen LogP contribution in [-0.4, -0.2) is 70.6 Å². The molecule has 0 spiro atoms. The first-order chi connectivity index (χ1) is 15.5. The lowest BCUT2D eigenvalue weighted by Crippen LogP contribution is -2.60. The van der Waals surface area contributed by atoms with Crippen molar-refractivity contribution in [2.75, 3.05) is 19.7 Å². The molecular formula is C24H45ClN4O4S. The molecule has 0 aromatic carbocycles. The molecule has 3 atom stereocenters. The Bertz CT molecular complexity index is 673. The fourth-order valence-electron chi connectivity index (χ4n) is 4.84. The van der Waals surface area contributed by atoms with E-state index >= 15 is 0 Å². The van der Waals surface area contributed by atoms with Gasteiger partial charge in [0.2, 0.25) is 11.8 Å². The zero-order chi connectivity index (χ0) is 24.6. The monoisotopic (exact) mass is 520 g/mol. The third kappa shape index (κ3) is 9.11. The molecule has 4 N–H and O–H groups in total. The Morgan fingerprint density at radius 3 is 2.41 bits per heavy atom. The highest BCUT2D eigenvalue weighted by Gasteiger charge is 2.46. The van der Waals surface area contributed by atoms with Crippen molar-refractivity contribution in [1.29, 1.82) is 0 Å². The van der Waals surface area contributed by atoms with Crippen LogP contribution in [0.5, 0.6) is 0 Å². The van der Waals surface area contributed by atoms with Gasteiger partial charge in [0.25, 0.3) is 0 Å². The lowest BCUT2D eigenvalue weighted by Gasteiger charge is -2.38. The molecule has 0 bridgehead atoms. The minimum absolute atomic E-state index is 0. The van der Waals surface area contributed by atoms with Crippen molar-refractivity contribution < 1.29 is 19.1 Å². The zero-order valence-electron chi connectivity index (χ0n) is 21.4. The number of rotatable bonds is 10. The molecule has 2 rings (SSSR count). The molecule has 0 aromatic rings. The Kier molecular flexibility index (Phi) is 13.1. The lowest BCUT2D eigenvalue weighted by atomic mass is 9.89. The van der Waals surface area contributed by atoms with E-state index in [1.54, 1.807) is 16.7 Å². The van der Waals surface area contributed by atoms with Crippen molar-refractivity contribution in [3.05, 3.63) is 0 Å². The molecule has 10 heteroatoms. The molecule has 1 heterocycles. The number of hydrogen-bond acceptors (Lipinski definition) is 6. The minimum Gasteiger partial charge on any atom is -0.450 e. The van der Waals surface area contributed by atoms with Gasteiger partial charge in [-0.3, -0.25) is 9.59 Å². The van der Waals surface area contributed by atoms with Crippen molar-refractivity contribution in [1.82, 2.24) is 15.5 Å². The van der Waals surface area contributed by atoms with E-state index in [9.17, 15) is 14.4 Å². The van der Waals surface area contributed by atoms with Gasteiger partial charge in [-0.15, -0.1) is 12.4 Å². The summed E-state index contributed by atoms with van der Waals surface area (Å²) in [5.74, 6) is 0.0712.